The molecule has 72 valence electrons. The zero-order valence-electron chi connectivity index (χ0n) is 7.37. The van der Waals surface area contributed by atoms with Crippen molar-refractivity contribution in [2.45, 2.75) is 6.92 Å². The standard InChI is InChI=1S/C7H10BrN3O2/c1-3-13-10-7(12)5-4-6(8)9-11(5)2/h4H,3H2,1-2H3,(H,10,12). The molecule has 6 heteroatoms. The first-order valence-electron chi connectivity index (χ1n) is 3.76. The van der Waals surface area contributed by atoms with E-state index < -0.39 is 0 Å². The number of aryl methyl sites for hydroxylation is 1. The lowest BCUT2D eigenvalue weighted by Crippen LogP contribution is -2.25. The molecule has 0 saturated carbocycles. The van der Waals surface area contributed by atoms with Crippen molar-refractivity contribution in [1.29, 1.82) is 0 Å². The van der Waals surface area contributed by atoms with Crippen molar-refractivity contribution in [3.8, 4) is 0 Å². The largest absolute Gasteiger partial charge is 0.293 e. The molecule has 0 aliphatic carbocycles. The van der Waals surface area contributed by atoms with Crippen LogP contribution in [0.5, 0.6) is 0 Å². The van der Waals surface area contributed by atoms with Gasteiger partial charge >= 0.3 is 0 Å². The lowest BCUT2D eigenvalue weighted by atomic mass is 10.4. The molecule has 1 aromatic rings. The first-order valence-corrected chi connectivity index (χ1v) is 4.56. The van der Waals surface area contributed by atoms with Crippen LogP contribution in [0.3, 0.4) is 0 Å². The average molecular weight is 248 g/mol. The minimum atomic E-state index is -0.303. The molecule has 1 heterocycles. The van der Waals surface area contributed by atoms with Crippen LogP contribution < -0.4 is 5.48 Å². The third-order valence-electron chi connectivity index (χ3n) is 1.39. The lowest BCUT2D eigenvalue weighted by Gasteiger charge is -2.02. The van der Waals surface area contributed by atoms with Crippen LogP contribution in [0.1, 0.15) is 17.4 Å². The maximum Gasteiger partial charge on any atom is 0.293 e. The molecule has 0 atom stereocenters. The average Bonchev–Trinajstić information content (AvgIpc) is 2.41. The molecule has 1 amide bonds. The molecule has 5 nitrogen and oxygen atoms in total. The number of nitrogens with zero attached hydrogens (tertiary/aromatic N) is 2. The summed E-state index contributed by atoms with van der Waals surface area (Å²) in [5.41, 5.74) is 2.73. The van der Waals surface area contributed by atoms with Crippen LogP contribution in [0.2, 0.25) is 0 Å². The number of hydroxylamine groups is 1. The van der Waals surface area contributed by atoms with E-state index in [4.69, 9.17) is 4.84 Å². The lowest BCUT2D eigenvalue weighted by molar-refractivity contribution is 0.0356. The highest BCUT2D eigenvalue weighted by molar-refractivity contribution is 9.10. The Hall–Kier alpha value is -0.880. The second kappa shape index (κ2) is 4.38. The monoisotopic (exact) mass is 247 g/mol. The van der Waals surface area contributed by atoms with Crippen LogP contribution in [0.4, 0.5) is 0 Å². The summed E-state index contributed by atoms with van der Waals surface area (Å²) in [6, 6.07) is 1.62. The van der Waals surface area contributed by atoms with Crippen LogP contribution >= 0.6 is 15.9 Å². The summed E-state index contributed by atoms with van der Waals surface area (Å²) >= 11 is 3.17. The van der Waals surface area contributed by atoms with E-state index in [1.807, 2.05) is 0 Å². The Kier molecular flexibility index (Phi) is 3.44. The molecule has 0 radical (unpaired) electrons. The second-order valence-electron chi connectivity index (χ2n) is 2.34. The first-order chi connectivity index (χ1) is 6.15. The Morgan fingerprint density at radius 1 is 1.85 bits per heavy atom. The summed E-state index contributed by atoms with van der Waals surface area (Å²) in [5.74, 6) is -0.303. The molecule has 0 aromatic carbocycles. The van der Waals surface area contributed by atoms with E-state index in [1.165, 1.54) is 4.68 Å². The molecule has 1 aromatic heterocycles. The Morgan fingerprint density at radius 3 is 3.00 bits per heavy atom. The summed E-state index contributed by atoms with van der Waals surface area (Å²) < 4.78 is 2.09. The number of amides is 1. The Bertz CT molecular complexity index is 311. The highest BCUT2D eigenvalue weighted by Crippen LogP contribution is 2.08. The van der Waals surface area contributed by atoms with Crippen molar-refractivity contribution >= 4 is 21.8 Å². The Morgan fingerprint density at radius 2 is 2.54 bits per heavy atom. The van der Waals surface area contributed by atoms with E-state index in [1.54, 1.807) is 20.0 Å². The molecule has 1 N–H and O–H groups in total. The number of carbonyl (C=O) groups is 1. The fourth-order valence-corrected chi connectivity index (χ4v) is 1.29. The SMILES string of the molecule is CCONC(=O)c1cc(Br)nn1C. The smallest absolute Gasteiger partial charge is 0.274 e. The van der Waals surface area contributed by atoms with Gasteiger partial charge in [-0.1, -0.05) is 0 Å². The van der Waals surface area contributed by atoms with Gasteiger partial charge in [0, 0.05) is 13.1 Å². The topological polar surface area (TPSA) is 56.1 Å². The number of halogens is 1. The fourth-order valence-electron chi connectivity index (χ4n) is 0.835. The van der Waals surface area contributed by atoms with Gasteiger partial charge in [0.15, 0.2) is 0 Å². The number of hydrogen-bond donors (Lipinski definition) is 1. The quantitative estimate of drug-likeness (QED) is 0.807. The predicted octanol–water partition coefficient (Wildman–Crippen LogP) is 0.864. The van der Waals surface area contributed by atoms with Crippen LogP contribution in [0.25, 0.3) is 0 Å². The molecule has 1 rings (SSSR count). The zero-order valence-corrected chi connectivity index (χ0v) is 8.96. The van der Waals surface area contributed by atoms with E-state index in [0.717, 1.165) is 0 Å². The molecule has 0 fully saturated rings. The number of rotatable bonds is 3. The molecule has 0 unspecified atom stereocenters. The first kappa shape index (κ1) is 10.2. The van der Waals surface area contributed by atoms with Crippen molar-refractivity contribution in [3.05, 3.63) is 16.4 Å². The van der Waals surface area contributed by atoms with Gasteiger partial charge in [0.05, 0.1) is 6.61 Å². The minimum absolute atomic E-state index is 0.303. The highest BCUT2D eigenvalue weighted by atomic mass is 79.9. The number of carbonyl (C=O) groups excluding carboxylic acids is 1. The van der Waals surface area contributed by atoms with E-state index in [0.29, 0.717) is 16.9 Å². The zero-order chi connectivity index (χ0) is 9.84. The van der Waals surface area contributed by atoms with Gasteiger partial charge in [-0.2, -0.15) is 5.10 Å². The molecule has 0 saturated heterocycles. The van der Waals surface area contributed by atoms with Gasteiger partial charge in [-0.25, -0.2) is 5.48 Å². The number of nitrogens with one attached hydrogen (secondary N) is 1. The molecule has 13 heavy (non-hydrogen) atoms. The summed E-state index contributed by atoms with van der Waals surface area (Å²) in [6.07, 6.45) is 0. The third-order valence-corrected chi connectivity index (χ3v) is 1.78. The minimum Gasteiger partial charge on any atom is -0.274 e. The van der Waals surface area contributed by atoms with Crippen molar-refractivity contribution in [2.75, 3.05) is 6.61 Å². The van der Waals surface area contributed by atoms with Crippen LogP contribution in [0, 0.1) is 0 Å². The van der Waals surface area contributed by atoms with Crippen LogP contribution in [-0.4, -0.2) is 22.3 Å². The van der Waals surface area contributed by atoms with Crippen molar-refractivity contribution in [3.63, 3.8) is 0 Å². The molecule has 0 aliphatic rings. The molecular formula is C7H10BrN3O2. The number of hydrogen-bond acceptors (Lipinski definition) is 3. The molecule has 0 spiro atoms. The van der Waals surface area contributed by atoms with Crippen LogP contribution in [0.15, 0.2) is 10.7 Å². The Labute approximate surface area is 84.1 Å². The molecular weight excluding hydrogens is 238 g/mol. The van der Waals surface area contributed by atoms with E-state index in [9.17, 15) is 4.79 Å². The van der Waals surface area contributed by atoms with Gasteiger partial charge in [-0.05, 0) is 22.9 Å². The van der Waals surface area contributed by atoms with E-state index in [-0.39, 0.29) is 5.91 Å². The van der Waals surface area contributed by atoms with Gasteiger partial charge in [0.25, 0.3) is 5.91 Å². The normalized spacial score (nSPS) is 10.1. The summed E-state index contributed by atoms with van der Waals surface area (Å²) in [5, 5.41) is 3.96. The second-order valence-corrected chi connectivity index (χ2v) is 3.15. The summed E-state index contributed by atoms with van der Waals surface area (Å²) in [4.78, 5) is 16.1. The van der Waals surface area contributed by atoms with Crippen molar-refractivity contribution in [1.82, 2.24) is 15.3 Å². The van der Waals surface area contributed by atoms with Gasteiger partial charge in [-0.3, -0.25) is 14.3 Å². The van der Waals surface area contributed by atoms with Gasteiger partial charge in [0.2, 0.25) is 0 Å². The van der Waals surface area contributed by atoms with E-state index >= 15 is 0 Å². The number of aromatic nitrogens is 2. The highest BCUT2D eigenvalue weighted by Gasteiger charge is 2.11. The van der Waals surface area contributed by atoms with Gasteiger partial charge in [-0.15, -0.1) is 0 Å². The maximum atomic E-state index is 11.3. The van der Waals surface area contributed by atoms with Crippen molar-refractivity contribution < 1.29 is 9.63 Å². The summed E-state index contributed by atoms with van der Waals surface area (Å²) in [6.45, 7) is 2.23. The third kappa shape index (κ3) is 2.53. The summed E-state index contributed by atoms with van der Waals surface area (Å²) in [7, 11) is 1.69. The predicted molar refractivity (Wildman–Crippen MR) is 50.0 cm³/mol. The Balaban J connectivity index is 2.70. The van der Waals surface area contributed by atoms with Crippen LogP contribution in [-0.2, 0) is 11.9 Å². The maximum absolute atomic E-state index is 11.3. The van der Waals surface area contributed by atoms with Crippen molar-refractivity contribution in [2.24, 2.45) is 7.05 Å². The van der Waals surface area contributed by atoms with Gasteiger partial charge < -0.3 is 0 Å². The van der Waals surface area contributed by atoms with Gasteiger partial charge in [0.1, 0.15) is 10.3 Å². The molecule has 0 aliphatic heterocycles. The fraction of sp³-hybridized carbons (Fsp3) is 0.429. The van der Waals surface area contributed by atoms with E-state index in [2.05, 4.69) is 26.5 Å². The molecule has 0 bridgehead atoms.